The molecule has 1 aliphatic heterocycles. The topological polar surface area (TPSA) is 15.3 Å². The first kappa shape index (κ1) is 15.7. The Morgan fingerprint density at radius 2 is 1.94 bits per heavy atom. The maximum Gasteiger partial charge on any atom is 0.0258 e. The first-order valence-electron chi connectivity index (χ1n) is 5.31. The van der Waals surface area contributed by atoms with Gasteiger partial charge in [-0.3, -0.25) is 0 Å². The van der Waals surface area contributed by atoms with Gasteiger partial charge in [-0.2, -0.15) is 0 Å². The fraction of sp³-hybridized carbons (Fsp3) is 0.500. The van der Waals surface area contributed by atoms with Crippen molar-refractivity contribution in [3.05, 3.63) is 35.9 Å². The van der Waals surface area contributed by atoms with E-state index in [1.54, 1.807) is 0 Å². The van der Waals surface area contributed by atoms with Gasteiger partial charge in [-0.25, -0.2) is 0 Å². The molecule has 1 aromatic rings. The summed E-state index contributed by atoms with van der Waals surface area (Å²) in [6.45, 7) is 3.41. The van der Waals surface area contributed by atoms with E-state index in [0.717, 1.165) is 26.1 Å². The fourth-order valence-electron chi connectivity index (χ4n) is 1.98. The molecule has 1 fully saturated rings. The summed E-state index contributed by atoms with van der Waals surface area (Å²) in [5.41, 5.74) is 1.44. The fourth-order valence-corrected chi connectivity index (χ4v) is 1.98. The summed E-state index contributed by atoms with van der Waals surface area (Å²) in [6, 6.07) is 11.4. The summed E-state index contributed by atoms with van der Waals surface area (Å²) >= 11 is 0. The van der Waals surface area contributed by atoms with Crippen molar-refractivity contribution < 1.29 is 0 Å². The molecule has 1 aromatic carbocycles. The molecule has 92 valence electrons. The normalized spacial score (nSPS) is 20.7. The summed E-state index contributed by atoms with van der Waals surface area (Å²) in [7, 11) is 2.22. The van der Waals surface area contributed by atoms with Crippen LogP contribution in [0.4, 0.5) is 0 Å². The largest absolute Gasteiger partial charge is 0.314 e. The van der Waals surface area contributed by atoms with Gasteiger partial charge in [0.05, 0.1) is 0 Å². The predicted molar refractivity (Wildman–Crippen MR) is 73.9 cm³/mol. The summed E-state index contributed by atoms with van der Waals surface area (Å²) < 4.78 is 0. The highest BCUT2D eigenvalue weighted by Crippen LogP contribution is 2.08. The maximum atomic E-state index is 3.44. The molecule has 2 rings (SSSR count). The van der Waals surface area contributed by atoms with Crippen LogP contribution in [0.25, 0.3) is 0 Å². The van der Waals surface area contributed by atoms with Gasteiger partial charge in [0.25, 0.3) is 0 Å². The number of benzene rings is 1. The average molecular weight is 263 g/mol. The number of halogens is 2. The maximum absolute atomic E-state index is 3.44. The summed E-state index contributed by atoms with van der Waals surface area (Å²) in [4.78, 5) is 2.45. The molecule has 1 unspecified atom stereocenters. The Kier molecular flexibility index (Phi) is 7.77. The first-order valence-corrected chi connectivity index (χ1v) is 5.31. The SMILES string of the molecule is CN1CCNCC1Cc1ccccc1.Cl.Cl. The van der Waals surface area contributed by atoms with Gasteiger partial charge in [-0.15, -0.1) is 24.8 Å². The summed E-state index contributed by atoms with van der Waals surface area (Å²) in [5.74, 6) is 0. The molecule has 0 aliphatic carbocycles. The molecule has 0 saturated carbocycles. The highest BCUT2D eigenvalue weighted by molar-refractivity contribution is 5.85. The number of rotatable bonds is 2. The summed E-state index contributed by atoms with van der Waals surface area (Å²) in [5, 5.41) is 3.44. The Balaban J connectivity index is 0.00000112. The Morgan fingerprint density at radius 3 is 2.56 bits per heavy atom. The monoisotopic (exact) mass is 262 g/mol. The minimum Gasteiger partial charge on any atom is -0.314 e. The average Bonchev–Trinajstić information content (AvgIpc) is 2.23. The van der Waals surface area contributed by atoms with E-state index in [2.05, 4.69) is 47.6 Å². The van der Waals surface area contributed by atoms with Gasteiger partial charge >= 0.3 is 0 Å². The van der Waals surface area contributed by atoms with Gasteiger partial charge < -0.3 is 10.2 Å². The van der Waals surface area contributed by atoms with Crippen LogP contribution in [0.3, 0.4) is 0 Å². The van der Waals surface area contributed by atoms with Crippen LogP contribution in [0.5, 0.6) is 0 Å². The zero-order chi connectivity index (χ0) is 9.80. The van der Waals surface area contributed by atoms with Gasteiger partial charge in [-0.1, -0.05) is 30.3 Å². The molecule has 1 saturated heterocycles. The predicted octanol–water partition coefficient (Wildman–Crippen LogP) is 1.98. The molecule has 0 spiro atoms. The van der Waals surface area contributed by atoms with Gasteiger partial charge in [0.2, 0.25) is 0 Å². The van der Waals surface area contributed by atoms with E-state index < -0.39 is 0 Å². The zero-order valence-electron chi connectivity index (χ0n) is 9.56. The van der Waals surface area contributed by atoms with Gasteiger partial charge in [-0.05, 0) is 19.0 Å². The second-order valence-corrected chi connectivity index (χ2v) is 4.03. The number of likely N-dealkylation sites (N-methyl/N-ethyl adjacent to an activating group) is 1. The van der Waals surface area contributed by atoms with Crippen molar-refractivity contribution in [2.75, 3.05) is 26.7 Å². The van der Waals surface area contributed by atoms with Gasteiger partial charge in [0.15, 0.2) is 0 Å². The molecule has 0 bridgehead atoms. The van der Waals surface area contributed by atoms with Crippen LogP contribution in [-0.2, 0) is 6.42 Å². The van der Waals surface area contributed by atoms with Crippen LogP contribution in [0.2, 0.25) is 0 Å². The molecule has 0 radical (unpaired) electrons. The van der Waals surface area contributed by atoms with Crippen molar-refractivity contribution in [1.82, 2.24) is 10.2 Å². The Morgan fingerprint density at radius 1 is 1.25 bits per heavy atom. The lowest BCUT2D eigenvalue weighted by atomic mass is 10.0. The number of hydrogen-bond acceptors (Lipinski definition) is 2. The van der Waals surface area contributed by atoms with Crippen LogP contribution >= 0.6 is 24.8 Å². The second-order valence-electron chi connectivity index (χ2n) is 4.03. The number of piperazine rings is 1. The van der Waals surface area contributed by atoms with E-state index in [1.807, 2.05) is 0 Å². The van der Waals surface area contributed by atoms with Crippen molar-refractivity contribution in [2.45, 2.75) is 12.5 Å². The van der Waals surface area contributed by atoms with E-state index in [0.29, 0.717) is 6.04 Å². The molecular formula is C12H20Cl2N2. The van der Waals surface area contributed by atoms with Crippen molar-refractivity contribution in [2.24, 2.45) is 0 Å². The first-order chi connectivity index (χ1) is 6.86. The quantitative estimate of drug-likeness (QED) is 0.877. The molecule has 2 nitrogen and oxygen atoms in total. The Bertz CT molecular complexity index is 280. The highest BCUT2D eigenvalue weighted by atomic mass is 35.5. The lowest BCUT2D eigenvalue weighted by Crippen LogP contribution is -2.50. The van der Waals surface area contributed by atoms with E-state index in [9.17, 15) is 0 Å². The third kappa shape index (κ3) is 4.30. The smallest absolute Gasteiger partial charge is 0.0258 e. The molecule has 1 heterocycles. The highest BCUT2D eigenvalue weighted by Gasteiger charge is 2.18. The molecule has 1 N–H and O–H groups in total. The Labute approximate surface area is 110 Å². The van der Waals surface area contributed by atoms with Gasteiger partial charge in [0.1, 0.15) is 0 Å². The molecule has 4 heteroatoms. The van der Waals surface area contributed by atoms with Crippen molar-refractivity contribution in [3.8, 4) is 0 Å². The number of nitrogens with zero attached hydrogens (tertiary/aromatic N) is 1. The van der Waals surface area contributed by atoms with Crippen LogP contribution in [0, 0.1) is 0 Å². The molecular weight excluding hydrogens is 243 g/mol. The zero-order valence-corrected chi connectivity index (χ0v) is 11.2. The molecule has 16 heavy (non-hydrogen) atoms. The lowest BCUT2D eigenvalue weighted by molar-refractivity contribution is 0.199. The van der Waals surface area contributed by atoms with Crippen molar-refractivity contribution in [1.29, 1.82) is 0 Å². The third-order valence-electron chi connectivity index (χ3n) is 2.96. The minimum atomic E-state index is 0. The van der Waals surface area contributed by atoms with E-state index in [-0.39, 0.29) is 24.8 Å². The second kappa shape index (κ2) is 7.91. The number of hydrogen-bond donors (Lipinski definition) is 1. The molecule has 0 aromatic heterocycles. The van der Waals surface area contributed by atoms with Crippen LogP contribution in [0.1, 0.15) is 5.56 Å². The van der Waals surface area contributed by atoms with Crippen LogP contribution < -0.4 is 5.32 Å². The van der Waals surface area contributed by atoms with Crippen molar-refractivity contribution >= 4 is 24.8 Å². The standard InChI is InChI=1S/C12H18N2.2ClH/c1-14-8-7-13-10-12(14)9-11-5-3-2-4-6-11;;/h2-6,12-13H,7-10H2,1H3;2*1H. The molecule has 1 aliphatic rings. The van der Waals surface area contributed by atoms with Crippen LogP contribution in [0.15, 0.2) is 30.3 Å². The minimum absolute atomic E-state index is 0. The molecule has 0 amide bonds. The van der Waals surface area contributed by atoms with Crippen molar-refractivity contribution in [3.63, 3.8) is 0 Å². The lowest BCUT2D eigenvalue weighted by Gasteiger charge is -2.33. The summed E-state index contributed by atoms with van der Waals surface area (Å²) in [6.07, 6.45) is 1.16. The van der Waals surface area contributed by atoms with Gasteiger partial charge in [0, 0.05) is 25.7 Å². The van der Waals surface area contributed by atoms with E-state index in [4.69, 9.17) is 0 Å². The Hall–Kier alpha value is -0.280. The van der Waals surface area contributed by atoms with E-state index >= 15 is 0 Å². The van der Waals surface area contributed by atoms with Crippen LogP contribution in [-0.4, -0.2) is 37.6 Å². The number of nitrogens with one attached hydrogen (secondary N) is 1. The van der Waals surface area contributed by atoms with E-state index in [1.165, 1.54) is 5.56 Å². The molecule has 1 atom stereocenters. The third-order valence-corrected chi connectivity index (χ3v) is 2.96.